The van der Waals surface area contributed by atoms with Crippen molar-refractivity contribution in [2.45, 2.75) is 32.1 Å². The minimum Gasteiger partial charge on any atom is -0.355 e. The van der Waals surface area contributed by atoms with Crippen molar-refractivity contribution in [3.8, 4) is 0 Å². The molecule has 1 atom stereocenters. The highest BCUT2D eigenvalue weighted by Gasteiger charge is 2.60. The summed E-state index contributed by atoms with van der Waals surface area (Å²) < 4.78 is 0. The molecule has 1 amide bonds. The van der Waals surface area contributed by atoms with Gasteiger partial charge in [0.25, 0.3) is 0 Å². The van der Waals surface area contributed by atoms with Gasteiger partial charge in [0.15, 0.2) is 0 Å². The lowest BCUT2D eigenvalue weighted by Gasteiger charge is -2.26. The smallest absolute Gasteiger partial charge is 0.223 e. The SMILES string of the molecule is O=C(NCCc1ncc[nH]1)C1CC12CCC2. The summed E-state index contributed by atoms with van der Waals surface area (Å²) in [6.07, 6.45) is 9.31. The van der Waals surface area contributed by atoms with E-state index < -0.39 is 0 Å². The molecule has 2 saturated carbocycles. The monoisotopic (exact) mass is 219 g/mol. The molecule has 86 valence electrons. The van der Waals surface area contributed by atoms with Crippen LogP contribution in [-0.2, 0) is 11.2 Å². The zero-order chi connectivity index (χ0) is 11.0. The lowest BCUT2D eigenvalue weighted by Crippen LogP contribution is -2.31. The second kappa shape index (κ2) is 3.61. The Kier molecular flexibility index (Phi) is 2.23. The first-order chi connectivity index (χ1) is 7.80. The van der Waals surface area contributed by atoms with Gasteiger partial charge in [-0.1, -0.05) is 6.42 Å². The Hall–Kier alpha value is -1.32. The minimum absolute atomic E-state index is 0.256. The Morgan fingerprint density at radius 3 is 3.06 bits per heavy atom. The Bertz CT molecular complexity index is 381. The second-order valence-corrected chi connectivity index (χ2v) is 5.05. The maximum absolute atomic E-state index is 11.8. The average molecular weight is 219 g/mol. The highest BCUT2D eigenvalue weighted by atomic mass is 16.2. The van der Waals surface area contributed by atoms with E-state index in [1.54, 1.807) is 12.4 Å². The second-order valence-electron chi connectivity index (χ2n) is 5.05. The van der Waals surface area contributed by atoms with Crippen molar-refractivity contribution in [3.05, 3.63) is 18.2 Å². The third-order valence-corrected chi connectivity index (χ3v) is 4.07. The molecular weight excluding hydrogens is 202 g/mol. The number of hydrogen-bond acceptors (Lipinski definition) is 2. The van der Waals surface area contributed by atoms with Crippen LogP contribution in [0.3, 0.4) is 0 Å². The van der Waals surface area contributed by atoms with Crippen molar-refractivity contribution in [2.75, 3.05) is 6.54 Å². The Labute approximate surface area is 94.8 Å². The molecule has 16 heavy (non-hydrogen) atoms. The summed E-state index contributed by atoms with van der Waals surface area (Å²) in [5.74, 6) is 1.51. The standard InChI is InChI=1S/C12H17N3O/c16-11(9-8-12(9)3-1-4-12)15-5-2-10-13-6-7-14-10/h6-7,9H,1-5,8H2,(H,13,14)(H,15,16). The van der Waals surface area contributed by atoms with Crippen LogP contribution in [0, 0.1) is 11.3 Å². The largest absolute Gasteiger partial charge is 0.355 e. The maximum atomic E-state index is 11.8. The van der Waals surface area contributed by atoms with Crippen LogP contribution < -0.4 is 5.32 Å². The molecule has 2 N–H and O–H groups in total. The molecule has 0 radical (unpaired) electrons. The molecule has 1 aromatic rings. The maximum Gasteiger partial charge on any atom is 0.223 e. The summed E-state index contributed by atoms with van der Waals surface area (Å²) in [4.78, 5) is 19.0. The molecule has 4 heteroatoms. The summed E-state index contributed by atoms with van der Waals surface area (Å²) in [6, 6.07) is 0. The fourth-order valence-electron chi connectivity index (χ4n) is 2.76. The molecule has 1 heterocycles. The number of H-pyrrole nitrogens is 1. The number of rotatable bonds is 4. The van der Waals surface area contributed by atoms with E-state index in [-0.39, 0.29) is 5.91 Å². The average Bonchev–Trinajstić information content (AvgIpc) is 2.82. The fourth-order valence-corrected chi connectivity index (χ4v) is 2.76. The number of hydrogen-bond donors (Lipinski definition) is 2. The summed E-state index contributed by atoms with van der Waals surface area (Å²) in [6.45, 7) is 0.693. The Balaban J connectivity index is 1.41. The van der Waals surface area contributed by atoms with Crippen LogP contribution in [0.5, 0.6) is 0 Å². The van der Waals surface area contributed by atoms with E-state index in [9.17, 15) is 4.79 Å². The van der Waals surface area contributed by atoms with Gasteiger partial charge in [-0.05, 0) is 24.7 Å². The van der Waals surface area contributed by atoms with Gasteiger partial charge in [-0.3, -0.25) is 4.79 Å². The number of amides is 1. The molecular formula is C12H17N3O. The van der Waals surface area contributed by atoms with Gasteiger partial charge in [0, 0.05) is 31.3 Å². The van der Waals surface area contributed by atoms with Crippen LogP contribution in [0.4, 0.5) is 0 Å². The fraction of sp³-hybridized carbons (Fsp3) is 0.667. The van der Waals surface area contributed by atoms with E-state index in [0.717, 1.165) is 18.7 Å². The van der Waals surface area contributed by atoms with Gasteiger partial charge >= 0.3 is 0 Å². The van der Waals surface area contributed by atoms with Gasteiger partial charge in [0.2, 0.25) is 5.91 Å². The van der Waals surface area contributed by atoms with Gasteiger partial charge in [-0.2, -0.15) is 0 Å². The van der Waals surface area contributed by atoms with Crippen LogP contribution in [0.15, 0.2) is 12.4 Å². The van der Waals surface area contributed by atoms with Crippen molar-refractivity contribution in [2.24, 2.45) is 11.3 Å². The molecule has 0 aliphatic heterocycles. The van der Waals surface area contributed by atoms with Crippen molar-refractivity contribution in [1.82, 2.24) is 15.3 Å². The number of aromatic amines is 1. The number of aromatic nitrogens is 2. The third-order valence-electron chi connectivity index (χ3n) is 4.07. The molecule has 3 rings (SSSR count). The highest BCUT2D eigenvalue weighted by molar-refractivity contribution is 5.82. The number of carbonyl (C=O) groups is 1. The van der Waals surface area contributed by atoms with Gasteiger partial charge in [0.05, 0.1) is 0 Å². The van der Waals surface area contributed by atoms with Crippen molar-refractivity contribution < 1.29 is 4.79 Å². The Morgan fingerprint density at radius 1 is 1.62 bits per heavy atom. The molecule has 2 aliphatic carbocycles. The normalized spacial score (nSPS) is 25.1. The molecule has 2 aliphatic rings. The van der Waals surface area contributed by atoms with E-state index in [1.807, 2.05) is 0 Å². The number of nitrogens with one attached hydrogen (secondary N) is 2. The van der Waals surface area contributed by atoms with Crippen molar-refractivity contribution >= 4 is 5.91 Å². The van der Waals surface area contributed by atoms with Gasteiger partial charge < -0.3 is 10.3 Å². The minimum atomic E-state index is 0.256. The predicted octanol–water partition coefficient (Wildman–Crippen LogP) is 1.26. The number of carbonyl (C=O) groups excluding carboxylic acids is 1. The van der Waals surface area contributed by atoms with Gasteiger partial charge in [-0.25, -0.2) is 4.98 Å². The first kappa shape index (κ1) is 9.87. The van der Waals surface area contributed by atoms with Crippen molar-refractivity contribution in [3.63, 3.8) is 0 Å². The van der Waals surface area contributed by atoms with E-state index >= 15 is 0 Å². The molecule has 1 spiro atoms. The van der Waals surface area contributed by atoms with Gasteiger partial charge in [-0.15, -0.1) is 0 Å². The summed E-state index contributed by atoms with van der Waals surface area (Å²) in [7, 11) is 0. The first-order valence-electron chi connectivity index (χ1n) is 6.06. The zero-order valence-electron chi connectivity index (χ0n) is 9.33. The van der Waals surface area contributed by atoms with Crippen LogP contribution >= 0.6 is 0 Å². The first-order valence-corrected chi connectivity index (χ1v) is 6.06. The lowest BCUT2D eigenvalue weighted by molar-refractivity contribution is -0.123. The molecule has 0 bridgehead atoms. The summed E-state index contributed by atoms with van der Waals surface area (Å²) >= 11 is 0. The molecule has 0 saturated heterocycles. The number of nitrogens with zero attached hydrogens (tertiary/aromatic N) is 1. The van der Waals surface area contributed by atoms with Crippen LogP contribution in [0.1, 0.15) is 31.5 Å². The van der Waals surface area contributed by atoms with Gasteiger partial charge in [0.1, 0.15) is 5.82 Å². The molecule has 1 aromatic heterocycles. The molecule has 1 unspecified atom stereocenters. The van der Waals surface area contributed by atoms with E-state index in [2.05, 4.69) is 15.3 Å². The highest BCUT2D eigenvalue weighted by Crippen LogP contribution is 2.65. The zero-order valence-corrected chi connectivity index (χ0v) is 9.33. The molecule has 2 fully saturated rings. The summed E-state index contributed by atoms with van der Waals surface area (Å²) in [5, 5.41) is 3.01. The van der Waals surface area contributed by atoms with E-state index in [0.29, 0.717) is 17.9 Å². The molecule has 4 nitrogen and oxygen atoms in total. The van der Waals surface area contributed by atoms with E-state index in [4.69, 9.17) is 0 Å². The topological polar surface area (TPSA) is 57.8 Å². The quantitative estimate of drug-likeness (QED) is 0.801. The third kappa shape index (κ3) is 1.62. The predicted molar refractivity (Wildman–Crippen MR) is 59.7 cm³/mol. The Morgan fingerprint density at radius 2 is 2.50 bits per heavy atom. The summed E-state index contributed by atoms with van der Waals surface area (Å²) in [5.41, 5.74) is 0.439. The van der Waals surface area contributed by atoms with Crippen LogP contribution in [0.2, 0.25) is 0 Å². The van der Waals surface area contributed by atoms with E-state index in [1.165, 1.54) is 19.3 Å². The number of imidazole rings is 1. The van der Waals surface area contributed by atoms with Crippen LogP contribution in [0.25, 0.3) is 0 Å². The van der Waals surface area contributed by atoms with Crippen LogP contribution in [-0.4, -0.2) is 22.4 Å². The molecule has 0 aromatic carbocycles. The van der Waals surface area contributed by atoms with Crippen molar-refractivity contribution in [1.29, 1.82) is 0 Å². The lowest BCUT2D eigenvalue weighted by atomic mass is 9.80.